The van der Waals surface area contributed by atoms with Gasteiger partial charge in [-0.15, -0.1) is 0 Å². The molecule has 110 valence electrons. The number of carbonyl (C=O) groups is 1. The van der Waals surface area contributed by atoms with E-state index in [1.54, 1.807) is 18.2 Å². The molecule has 0 aliphatic rings. The van der Waals surface area contributed by atoms with Gasteiger partial charge >= 0.3 is 0 Å². The van der Waals surface area contributed by atoms with Gasteiger partial charge in [0, 0.05) is 29.2 Å². The number of amides is 1. The molecule has 0 radical (unpaired) electrons. The predicted octanol–water partition coefficient (Wildman–Crippen LogP) is 2.04. The molecule has 0 fully saturated rings. The van der Waals surface area contributed by atoms with Crippen molar-refractivity contribution in [2.45, 2.75) is 6.54 Å². The van der Waals surface area contributed by atoms with Gasteiger partial charge in [0.15, 0.2) is 0 Å². The summed E-state index contributed by atoms with van der Waals surface area (Å²) in [6.45, 7) is 0.375. The zero-order chi connectivity index (χ0) is 15.5. The number of aromatic nitrogens is 1. The second-order valence-electron chi connectivity index (χ2n) is 5.02. The van der Waals surface area contributed by atoms with E-state index in [0.717, 1.165) is 10.9 Å². The highest BCUT2D eigenvalue weighted by Gasteiger charge is 2.11. The standard InChI is InChI=1S/C17H15N3O2/c18-12-7-5-11(6-8-12)10-19-17(22)14-9-16(21)20-15-4-2-1-3-13(14)15/h1-9H,10,18H2,(H,19,22)(H,20,21). The van der Waals surface area contributed by atoms with Crippen LogP contribution in [0.1, 0.15) is 15.9 Å². The fourth-order valence-electron chi connectivity index (χ4n) is 2.31. The Labute approximate surface area is 126 Å². The average molecular weight is 293 g/mol. The topological polar surface area (TPSA) is 88.0 Å². The minimum Gasteiger partial charge on any atom is -0.399 e. The predicted molar refractivity (Wildman–Crippen MR) is 86.6 cm³/mol. The number of aromatic amines is 1. The van der Waals surface area contributed by atoms with Crippen LogP contribution in [0.15, 0.2) is 59.4 Å². The second kappa shape index (κ2) is 5.73. The molecule has 4 N–H and O–H groups in total. The van der Waals surface area contributed by atoms with Crippen LogP contribution in [-0.4, -0.2) is 10.9 Å². The number of nitrogen functional groups attached to an aromatic ring is 1. The fraction of sp³-hybridized carbons (Fsp3) is 0.0588. The van der Waals surface area contributed by atoms with Crippen LogP contribution in [0.25, 0.3) is 10.9 Å². The van der Waals surface area contributed by atoms with Gasteiger partial charge in [-0.2, -0.15) is 0 Å². The Morgan fingerprint density at radius 2 is 1.82 bits per heavy atom. The van der Waals surface area contributed by atoms with Gasteiger partial charge in [0.05, 0.1) is 5.56 Å². The quantitative estimate of drug-likeness (QED) is 0.646. The molecule has 0 unspecified atom stereocenters. The van der Waals surface area contributed by atoms with Crippen LogP contribution >= 0.6 is 0 Å². The van der Waals surface area contributed by atoms with Gasteiger partial charge in [-0.3, -0.25) is 9.59 Å². The Morgan fingerprint density at radius 3 is 2.59 bits per heavy atom. The summed E-state index contributed by atoms with van der Waals surface area (Å²) in [6, 6.07) is 15.8. The number of hydrogen-bond donors (Lipinski definition) is 3. The molecule has 1 heterocycles. The Kier molecular flexibility index (Phi) is 3.62. The van der Waals surface area contributed by atoms with Gasteiger partial charge in [0.25, 0.3) is 5.91 Å². The largest absolute Gasteiger partial charge is 0.399 e. The fourth-order valence-corrected chi connectivity index (χ4v) is 2.31. The van der Waals surface area contributed by atoms with Crippen molar-refractivity contribution in [3.8, 4) is 0 Å². The molecule has 0 spiro atoms. The van der Waals surface area contributed by atoms with Gasteiger partial charge in [-0.1, -0.05) is 30.3 Å². The summed E-state index contributed by atoms with van der Waals surface area (Å²) >= 11 is 0. The third-order valence-electron chi connectivity index (χ3n) is 3.43. The Bertz CT molecular complexity index is 882. The van der Waals surface area contributed by atoms with E-state index in [9.17, 15) is 9.59 Å². The van der Waals surface area contributed by atoms with E-state index in [-0.39, 0.29) is 11.5 Å². The summed E-state index contributed by atoms with van der Waals surface area (Å²) in [7, 11) is 0. The first-order chi connectivity index (χ1) is 10.6. The van der Waals surface area contributed by atoms with E-state index in [1.165, 1.54) is 6.07 Å². The van der Waals surface area contributed by atoms with E-state index in [1.807, 2.05) is 30.3 Å². The molecule has 5 nitrogen and oxygen atoms in total. The van der Waals surface area contributed by atoms with Gasteiger partial charge in [0.2, 0.25) is 5.56 Å². The van der Waals surface area contributed by atoms with Crippen LogP contribution in [0, 0.1) is 0 Å². The van der Waals surface area contributed by atoms with Crippen molar-refractivity contribution in [3.05, 3.63) is 76.1 Å². The van der Waals surface area contributed by atoms with Crippen molar-refractivity contribution in [3.63, 3.8) is 0 Å². The monoisotopic (exact) mass is 293 g/mol. The van der Waals surface area contributed by atoms with Crippen LogP contribution in [0.5, 0.6) is 0 Å². The van der Waals surface area contributed by atoms with E-state index in [2.05, 4.69) is 10.3 Å². The minimum atomic E-state index is -0.295. The lowest BCUT2D eigenvalue weighted by Crippen LogP contribution is -2.24. The van der Waals surface area contributed by atoms with Crippen LogP contribution < -0.4 is 16.6 Å². The lowest BCUT2D eigenvalue weighted by molar-refractivity contribution is 0.0952. The number of benzene rings is 2. The number of nitrogens with two attached hydrogens (primary N) is 1. The molecule has 0 aliphatic carbocycles. The summed E-state index contributed by atoms with van der Waals surface area (Å²) in [5, 5.41) is 3.54. The molecule has 0 atom stereocenters. The number of rotatable bonds is 3. The molecule has 0 saturated heterocycles. The third-order valence-corrected chi connectivity index (χ3v) is 3.43. The molecule has 5 heteroatoms. The molecular formula is C17H15N3O2. The lowest BCUT2D eigenvalue weighted by atomic mass is 10.1. The van der Waals surface area contributed by atoms with Crippen molar-refractivity contribution in [1.29, 1.82) is 0 Å². The van der Waals surface area contributed by atoms with Crippen LogP contribution in [-0.2, 0) is 6.54 Å². The molecule has 3 rings (SSSR count). The Hall–Kier alpha value is -3.08. The normalized spacial score (nSPS) is 10.5. The smallest absolute Gasteiger partial charge is 0.252 e. The lowest BCUT2D eigenvalue weighted by Gasteiger charge is -2.08. The summed E-state index contributed by atoms with van der Waals surface area (Å²) in [4.78, 5) is 26.7. The van der Waals surface area contributed by atoms with Crippen molar-refractivity contribution in [1.82, 2.24) is 10.3 Å². The molecule has 2 aromatic carbocycles. The number of pyridine rings is 1. The third kappa shape index (κ3) is 2.83. The number of carbonyl (C=O) groups excluding carboxylic acids is 1. The molecule has 0 bridgehead atoms. The van der Waals surface area contributed by atoms with Crippen molar-refractivity contribution < 1.29 is 4.79 Å². The van der Waals surface area contributed by atoms with E-state index >= 15 is 0 Å². The van der Waals surface area contributed by atoms with Crippen molar-refractivity contribution >= 4 is 22.5 Å². The van der Waals surface area contributed by atoms with E-state index < -0.39 is 0 Å². The molecule has 3 aromatic rings. The average Bonchev–Trinajstić information content (AvgIpc) is 2.53. The summed E-state index contributed by atoms with van der Waals surface area (Å²) in [5.74, 6) is -0.279. The number of nitrogens with one attached hydrogen (secondary N) is 2. The van der Waals surface area contributed by atoms with Gasteiger partial charge in [-0.05, 0) is 23.8 Å². The molecule has 22 heavy (non-hydrogen) atoms. The zero-order valence-corrected chi connectivity index (χ0v) is 11.8. The SMILES string of the molecule is Nc1ccc(CNC(=O)c2cc(=O)[nH]c3ccccc23)cc1. The number of para-hydroxylation sites is 1. The highest BCUT2D eigenvalue weighted by molar-refractivity contribution is 6.05. The Morgan fingerprint density at radius 1 is 1.09 bits per heavy atom. The highest BCUT2D eigenvalue weighted by atomic mass is 16.2. The van der Waals surface area contributed by atoms with E-state index in [0.29, 0.717) is 23.3 Å². The first kappa shape index (κ1) is 13.9. The molecule has 1 amide bonds. The first-order valence-electron chi connectivity index (χ1n) is 6.88. The molecular weight excluding hydrogens is 278 g/mol. The molecule has 0 aliphatic heterocycles. The first-order valence-corrected chi connectivity index (χ1v) is 6.88. The van der Waals surface area contributed by atoms with Gasteiger partial charge < -0.3 is 16.0 Å². The van der Waals surface area contributed by atoms with Gasteiger partial charge in [0.1, 0.15) is 0 Å². The summed E-state index contributed by atoms with van der Waals surface area (Å²) in [6.07, 6.45) is 0. The molecule has 1 aromatic heterocycles. The zero-order valence-electron chi connectivity index (χ0n) is 11.8. The second-order valence-corrected chi connectivity index (χ2v) is 5.02. The van der Waals surface area contributed by atoms with Crippen LogP contribution in [0.2, 0.25) is 0 Å². The van der Waals surface area contributed by atoms with Crippen molar-refractivity contribution in [2.24, 2.45) is 0 Å². The number of anilines is 1. The highest BCUT2D eigenvalue weighted by Crippen LogP contribution is 2.14. The van der Waals surface area contributed by atoms with Gasteiger partial charge in [-0.25, -0.2) is 0 Å². The van der Waals surface area contributed by atoms with Crippen molar-refractivity contribution in [2.75, 3.05) is 5.73 Å². The number of H-pyrrole nitrogens is 1. The van der Waals surface area contributed by atoms with E-state index in [4.69, 9.17) is 5.73 Å². The maximum absolute atomic E-state index is 12.4. The number of hydrogen-bond acceptors (Lipinski definition) is 3. The maximum Gasteiger partial charge on any atom is 0.252 e. The minimum absolute atomic E-state index is 0.279. The summed E-state index contributed by atoms with van der Waals surface area (Å²) < 4.78 is 0. The van der Waals surface area contributed by atoms with Crippen LogP contribution in [0.3, 0.4) is 0 Å². The number of fused-ring (bicyclic) bond motifs is 1. The summed E-state index contributed by atoms with van der Waals surface area (Å²) in [5.41, 5.74) is 7.97. The Balaban J connectivity index is 1.86. The van der Waals surface area contributed by atoms with Crippen LogP contribution in [0.4, 0.5) is 5.69 Å². The molecule has 0 saturated carbocycles. The maximum atomic E-state index is 12.4.